The molecule has 2 saturated heterocycles. The Morgan fingerprint density at radius 1 is 0.733 bits per heavy atom. The van der Waals surface area contributed by atoms with Crippen molar-refractivity contribution in [3.05, 3.63) is 95.6 Å². The Hall–Kier alpha value is -4.41. The van der Waals surface area contributed by atoms with E-state index in [0.717, 1.165) is 16.7 Å². The summed E-state index contributed by atoms with van der Waals surface area (Å²) in [6.07, 6.45) is -2.28. The van der Waals surface area contributed by atoms with E-state index in [2.05, 4.69) is 5.32 Å². The quantitative estimate of drug-likeness (QED) is 0.236. The lowest BCUT2D eigenvalue weighted by Gasteiger charge is -2.40. The highest BCUT2D eigenvalue weighted by Crippen LogP contribution is 2.48. The molecule has 3 aromatic carbocycles. The number of methoxy groups -OCH3 is 3. The number of rotatable bonds is 12. The number of hydrogen-bond acceptors (Lipinski definition) is 9. The van der Waals surface area contributed by atoms with E-state index in [0.29, 0.717) is 24.3 Å². The fourth-order valence-electron chi connectivity index (χ4n) is 6.29. The number of esters is 2. The monoisotopic (exact) mass is 617 g/mol. The molecule has 45 heavy (non-hydrogen) atoms. The summed E-state index contributed by atoms with van der Waals surface area (Å²) in [5, 5.41) is 2.74. The van der Waals surface area contributed by atoms with Crippen LogP contribution in [0, 0.1) is 5.92 Å². The summed E-state index contributed by atoms with van der Waals surface area (Å²) < 4.78 is 35.4. The SMILES string of the molecule is CNC(=O)[C@@H]1C[C@@H]2O[C@H](C1)[C@@H](OC(c1ccccc1)(c1ccc(OC)cc1)c1ccc(OC)cc1)[C@H]2OC(=O)CCC(=O)OC. The van der Waals surface area contributed by atoms with E-state index in [1.807, 2.05) is 78.9 Å². The van der Waals surface area contributed by atoms with E-state index in [1.165, 1.54) is 7.11 Å². The topological polar surface area (TPSA) is 119 Å². The largest absolute Gasteiger partial charge is 0.497 e. The first kappa shape index (κ1) is 32.0. The molecular formula is C35H39NO9. The van der Waals surface area contributed by atoms with E-state index in [1.54, 1.807) is 21.3 Å². The maximum absolute atomic E-state index is 13.1. The van der Waals surface area contributed by atoms with Crippen molar-refractivity contribution in [2.75, 3.05) is 28.4 Å². The minimum absolute atomic E-state index is 0.107. The van der Waals surface area contributed by atoms with Crippen LogP contribution in [-0.2, 0) is 38.9 Å². The number of carbonyl (C=O) groups is 3. The highest BCUT2D eigenvalue weighted by atomic mass is 16.6. The maximum atomic E-state index is 13.1. The van der Waals surface area contributed by atoms with Gasteiger partial charge in [-0.1, -0.05) is 54.6 Å². The van der Waals surface area contributed by atoms with Gasteiger partial charge in [-0.3, -0.25) is 14.4 Å². The van der Waals surface area contributed by atoms with Gasteiger partial charge in [0.15, 0.2) is 6.10 Å². The Kier molecular flexibility index (Phi) is 10.0. The minimum atomic E-state index is -1.20. The zero-order valence-corrected chi connectivity index (χ0v) is 25.9. The first-order chi connectivity index (χ1) is 21.8. The Balaban J connectivity index is 1.63. The molecule has 1 N–H and O–H groups in total. The Morgan fingerprint density at radius 2 is 1.24 bits per heavy atom. The van der Waals surface area contributed by atoms with Crippen molar-refractivity contribution in [2.24, 2.45) is 5.92 Å². The van der Waals surface area contributed by atoms with Gasteiger partial charge in [-0.15, -0.1) is 0 Å². The second kappa shape index (κ2) is 14.1. The normalized spacial score (nSPS) is 22.3. The van der Waals surface area contributed by atoms with Crippen molar-refractivity contribution in [1.82, 2.24) is 5.32 Å². The van der Waals surface area contributed by atoms with E-state index in [-0.39, 0.29) is 24.7 Å². The number of hydrogen-bond donors (Lipinski definition) is 1. The molecule has 0 saturated carbocycles. The lowest BCUT2D eigenvalue weighted by atomic mass is 9.79. The second-order valence-corrected chi connectivity index (χ2v) is 11.1. The summed E-state index contributed by atoms with van der Waals surface area (Å²) in [6, 6.07) is 25.1. The van der Waals surface area contributed by atoms with Gasteiger partial charge in [0, 0.05) is 13.0 Å². The second-order valence-electron chi connectivity index (χ2n) is 11.1. The van der Waals surface area contributed by atoms with E-state index in [9.17, 15) is 14.4 Å². The van der Waals surface area contributed by atoms with Crippen LogP contribution >= 0.6 is 0 Å². The summed E-state index contributed by atoms with van der Waals surface area (Å²) in [4.78, 5) is 37.7. The molecule has 238 valence electrons. The van der Waals surface area contributed by atoms with Crippen molar-refractivity contribution < 1.29 is 42.8 Å². The molecule has 10 heteroatoms. The molecule has 2 aliphatic heterocycles. The van der Waals surface area contributed by atoms with Gasteiger partial charge in [0.2, 0.25) is 5.91 Å². The highest BCUT2D eigenvalue weighted by molar-refractivity contribution is 5.79. The summed E-state index contributed by atoms with van der Waals surface area (Å²) in [5.41, 5.74) is 1.24. The number of carbonyl (C=O) groups excluding carboxylic acids is 3. The predicted molar refractivity (Wildman–Crippen MR) is 164 cm³/mol. The number of ether oxygens (including phenoxy) is 6. The van der Waals surface area contributed by atoms with Gasteiger partial charge < -0.3 is 33.7 Å². The smallest absolute Gasteiger partial charge is 0.306 e. The van der Waals surface area contributed by atoms with Crippen LogP contribution in [-0.4, -0.2) is 70.6 Å². The summed E-state index contributed by atoms with van der Waals surface area (Å²) >= 11 is 0. The lowest BCUT2D eigenvalue weighted by Crippen LogP contribution is -2.45. The molecular weight excluding hydrogens is 578 g/mol. The summed E-state index contributed by atoms with van der Waals surface area (Å²) in [7, 11) is 6.09. The van der Waals surface area contributed by atoms with Gasteiger partial charge in [-0.2, -0.15) is 0 Å². The van der Waals surface area contributed by atoms with Crippen molar-refractivity contribution in [1.29, 1.82) is 0 Å². The molecule has 2 aliphatic rings. The first-order valence-electron chi connectivity index (χ1n) is 15.0. The zero-order chi connectivity index (χ0) is 32.0. The van der Waals surface area contributed by atoms with Crippen LogP contribution in [0.5, 0.6) is 11.5 Å². The van der Waals surface area contributed by atoms with Crippen LogP contribution in [0.4, 0.5) is 0 Å². The molecule has 2 heterocycles. The number of fused-ring (bicyclic) bond motifs is 2. The molecule has 0 aliphatic carbocycles. The standard InChI is InChI=1S/C35H39NO9/c1-36-34(39)22-20-28-32(44-31(38)19-18-30(37)42-4)33(29(21-22)43-28)45-35(23-8-6-5-7-9-23,24-10-14-26(40-2)15-11-24)25-12-16-27(41-3)17-13-25/h5-17,22,28-29,32-33H,18-21H2,1-4H3,(H,36,39)/t22-,28+,29-,32+,33-/m1/s1. The van der Waals surface area contributed by atoms with Crippen molar-refractivity contribution in [3.63, 3.8) is 0 Å². The molecule has 10 nitrogen and oxygen atoms in total. The van der Waals surface area contributed by atoms with Crippen LogP contribution in [0.2, 0.25) is 0 Å². The Morgan fingerprint density at radius 3 is 1.76 bits per heavy atom. The first-order valence-corrected chi connectivity index (χ1v) is 15.0. The van der Waals surface area contributed by atoms with Crippen LogP contribution in [0.15, 0.2) is 78.9 Å². The number of nitrogens with one attached hydrogen (secondary N) is 1. The fourth-order valence-corrected chi connectivity index (χ4v) is 6.29. The van der Waals surface area contributed by atoms with Crippen molar-refractivity contribution in [2.45, 2.75) is 55.7 Å². The maximum Gasteiger partial charge on any atom is 0.306 e. The fraction of sp³-hybridized carbons (Fsp3) is 0.400. The summed E-state index contributed by atoms with van der Waals surface area (Å²) in [5.74, 6) is -0.183. The van der Waals surface area contributed by atoms with Gasteiger partial charge in [-0.05, 0) is 53.8 Å². The van der Waals surface area contributed by atoms with Gasteiger partial charge in [0.05, 0.1) is 46.4 Å². The van der Waals surface area contributed by atoms with E-state index in [4.69, 9.17) is 28.4 Å². The van der Waals surface area contributed by atoms with Gasteiger partial charge in [0.1, 0.15) is 23.2 Å². The third-order valence-corrected chi connectivity index (χ3v) is 8.57. The van der Waals surface area contributed by atoms with E-state index < -0.39 is 42.0 Å². The average molecular weight is 618 g/mol. The molecule has 1 amide bonds. The lowest BCUT2D eigenvalue weighted by molar-refractivity contribution is -0.164. The third-order valence-electron chi connectivity index (χ3n) is 8.57. The molecule has 0 radical (unpaired) electrons. The van der Waals surface area contributed by atoms with Crippen molar-refractivity contribution in [3.8, 4) is 11.5 Å². The molecule has 0 aromatic heterocycles. The van der Waals surface area contributed by atoms with Gasteiger partial charge in [0.25, 0.3) is 0 Å². The minimum Gasteiger partial charge on any atom is -0.497 e. The third kappa shape index (κ3) is 6.67. The van der Waals surface area contributed by atoms with Crippen LogP contribution in [0.1, 0.15) is 42.4 Å². The van der Waals surface area contributed by atoms with Crippen LogP contribution < -0.4 is 14.8 Å². The van der Waals surface area contributed by atoms with Crippen LogP contribution in [0.25, 0.3) is 0 Å². The molecule has 5 atom stereocenters. The molecule has 3 aromatic rings. The van der Waals surface area contributed by atoms with Crippen LogP contribution in [0.3, 0.4) is 0 Å². The number of benzene rings is 3. The molecule has 2 fully saturated rings. The van der Waals surface area contributed by atoms with Crippen molar-refractivity contribution >= 4 is 17.8 Å². The predicted octanol–water partition coefficient (Wildman–Crippen LogP) is 4.17. The molecule has 0 unspecified atom stereocenters. The number of amides is 1. The Bertz CT molecular complexity index is 1410. The molecule has 0 spiro atoms. The van der Waals surface area contributed by atoms with E-state index >= 15 is 0 Å². The van der Waals surface area contributed by atoms with Gasteiger partial charge in [-0.25, -0.2) is 0 Å². The summed E-state index contributed by atoms with van der Waals surface area (Å²) in [6.45, 7) is 0. The molecule has 5 rings (SSSR count). The Labute approximate surface area is 262 Å². The van der Waals surface area contributed by atoms with Gasteiger partial charge >= 0.3 is 11.9 Å². The highest BCUT2D eigenvalue weighted by Gasteiger charge is 2.56. The average Bonchev–Trinajstić information content (AvgIpc) is 3.32. The molecule has 2 bridgehead atoms. The zero-order valence-electron chi connectivity index (χ0n) is 25.9.